The number of rotatable bonds is 28. The summed E-state index contributed by atoms with van der Waals surface area (Å²) in [6.45, 7) is 7.20. The number of aliphatic carboxylic acids is 1. The molecule has 11 atom stereocenters. The van der Waals surface area contributed by atoms with Crippen LogP contribution in [0.1, 0.15) is 79.2 Å². The Morgan fingerprint density at radius 1 is 0.657 bits per heavy atom. The first kappa shape index (κ1) is 59.6. The van der Waals surface area contributed by atoms with Crippen LogP contribution in [0.4, 0.5) is 0 Å². The highest BCUT2D eigenvalue weighted by molar-refractivity contribution is 5.98. The van der Waals surface area contributed by atoms with E-state index in [1.54, 1.807) is 27.7 Å². The predicted octanol–water partition coefficient (Wildman–Crippen LogP) is -5.56. The summed E-state index contributed by atoms with van der Waals surface area (Å²) in [7, 11) is 0. The zero-order valence-corrected chi connectivity index (χ0v) is 40.0. The van der Waals surface area contributed by atoms with Gasteiger partial charge in [0.1, 0.15) is 54.1 Å². The van der Waals surface area contributed by atoms with Gasteiger partial charge >= 0.3 is 5.97 Å². The van der Waals surface area contributed by atoms with Crippen molar-refractivity contribution in [3.8, 4) is 5.75 Å². The molecule has 26 nitrogen and oxygen atoms in total. The molecular weight excluding hydrogens is 925 g/mol. The van der Waals surface area contributed by atoms with Crippen LogP contribution in [-0.4, -0.2) is 181 Å². The van der Waals surface area contributed by atoms with Gasteiger partial charge in [0.2, 0.25) is 53.2 Å². The number of hydrogen-bond donors (Lipinski definition) is 15. The average Bonchev–Trinajstić information content (AvgIpc) is 3.79. The van der Waals surface area contributed by atoms with Crippen molar-refractivity contribution in [3.63, 3.8) is 0 Å². The van der Waals surface area contributed by atoms with Crippen molar-refractivity contribution >= 4 is 59.1 Å². The highest BCUT2D eigenvalue weighted by Crippen LogP contribution is 2.22. The van der Waals surface area contributed by atoms with Gasteiger partial charge in [-0.05, 0) is 69.1 Å². The van der Waals surface area contributed by atoms with Crippen molar-refractivity contribution in [2.75, 3.05) is 19.8 Å². The topological polar surface area (TPSA) is 432 Å². The van der Waals surface area contributed by atoms with Crippen molar-refractivity contribution in [3.05, 3.63) is 29.8 Å². The number of carboxylic acid groups (broad SMARTS) is 1. The molecule has 2 rings (SSSR count). The van der Waals surface area contributed by atoms with E-state index < -0.39 is 151 Å². The van der Waals surface area contributed by atoms with Gasteiger partial charge in [-0.2, -0.15) is 0 Å². The third-order valence-electron chi connectivity index (χ3n) is 11.2. The van der Waals surface area contributed by atoms with Gasteiger partial charge in [-0.15, -0.1) is 0 Å². The molecular formula is C44H70N10O16. The van der Waals surface area contributed by atoms with Crippen LogP contribution in [0.2, 0.25) is 0 Å². The number of nitrogens with one attached hydrogen (secondary N) is 7. The van der Waals surface area contributed by atoms with Gasteiger partial charge in [0.05, 0.1) is 25.4 Å². The van der Waals surface area contributed by atoms with E-state index in [9.17, 15) is 78.6 Å². The van der Waals surface area contributed by atoms with Crippen LogP contribution in [0.25, 0.3) is 0 Å². The maximum absolute atomic E-state index is 14.3. The molecule has 0 aliphatic carbocycles. The van der Waals surface area contributed by atoms with E-state index in [1.165, 1.54) is 29.2 Å². The standard InChI is InChI=1S/C44H70N10O16/c1-20(2)16-28(49-42(67)34(22(5)57)52-40(65)30(19-56)50-37(62)27(13-14-32(46)60)47-36(61)26(45)18-55)38(63)51-33(21(3)4)43(68)54-15-7-8-31(54)41(66)48-29(17-24-9-11-25(59)12-10-24)39(64)53-35(23(6)58)44(69)70/h9-12,20-23,26-31,33-35,55-59H,7-8,13-19,45H2,1-6H3,(H2,46,60)(H,47,61)(H,48,66)(H,49,67)(H,50,62)(H,51,63)(H,52,65)(H,53,64)(H,69,70)/t22-,23-,26+,27+,28+,29+,30+,31+,33+,34+,35+/m1/s1. The monoisotopic (exact) mass is 994 g/mol. The Labute approximate surface area is 404 Å². The number of phenols is 1. The molecule has 1 aromatic carbocycles. The minimum absolute atomic E-state index is 0.0260. The van der Waals surface area contributed by atoms with Gasteiger partial charge in [-0.3, -0.25) is 43.2 Å². The predicted molar refractivity (Wildman–Crippen MR) is 246 cm³/mol. The van der Waals surface area contributed by atoms with Crippen molar-refractivity contribution in [2.24, 2.45) is 23.3 Å². The first-order valence-electron chi connectivity index (χ1n) is 22.8. The molecule has 0 saturated carbocycles. The molecule has 0 aromatic heterocycles. The molecule has 1 fully saturated rings. The number of benzene rings is 1. The largest absolute Gasteiger partial charge is 0.508 e. The molecule has 1 aliphatic rings. The number of carbonyl (C=O) groups is 10. The minimum atomic E-state index is -1.80. The van der Waals surface area contributed by atoms with Crippen LogP contribution in [0.3, 0.4) is 0 Å². The summed E-state index contributed by atoms with van der Waals surface area (Å²) in [4.78, 5) is 133. The molecule has 1 aromatic rings. The van der Waals surface area contributed by atoms with E-state index in [0.717, 1.165) is 13.8 Å². The lowest BCUT2D eigenvalue weighted by Crippen LogP contribution is -2.63. The third-order valence-corrected chi connectivity index (χ3v) is 11.2. The van der Waals surface area contributed by atoms with Crippen LogP contribution >= 0.6 is 0 Å². The SMILES string of the molecule is CC(C)C[C@H](NC(=O)[C@@H](NC(=O)[C@H](CO)NC(=O)[C@H](CCC(N)=O)NC(=O)[C@@H](N)CO)[C@@H](C)O)C(=O)N[C@H](C(=O)N1CCC[C@H]1C(=O)N[C@@H](Cc1ccc(O)cc1)C(=O)N[C@H](C(=O)O)[C@@H](C)O)C(C)C. The normalized spacial score (nSPS) is 17.8. The van der Waals surface area contributed by atoms with E-state index in [1.807, 2.05) is 0 Å². The molecule has 70 heavy (non-hydrogen) atoms. The molecule has 9 amide bonds. The average molecular weight is 995 g/mol. The van der Waals surface area contributed by atoms with E-state index in [2.05, 4.69) is 37.2 Å². The van der Waals surface area contributed by atoms with Gasteiger partial charge in [-0.1, -0.05) is 39.8 Å². The molecule has 0 unspecified atom stereocenters. The summed E-state index contributed by atoms with van der Waals surface area (Å²) in [6.07, 6.45) is -3.65. The van der Waals surface area contributed by atoms with Gasteiger partial charge in [0, 0.05) is 19.4 Å². The molecule has 0 bridgehead atoms. The summed E-state index contributed by atoms with van der Waals surface area (Å²) < 4.78 is 0. The molecule has 0 spiro atoms. The highest BCUT2D eigenvalue weighted by Gasteiger charge is 2.42. The minimum Gasteiger partial charge on any atom is -0.508 e. The van der Waals surface area contributed by atoms with Crippen LogP contribution in [-0.2, 0) is 54.4 Å². The fraction of sp³-hybridized carbons (Fsp3) is 0.636. The van der Waals surface area contributed by atoms with Crippen molar-refractivity contribution in [1.82, 2.24) is 42.1 Å². The Hall–Kier alpha value is -6.48. The number of aliphatic hydroxyl groups excluding tert-OH is 4. The zero-order chi connectivity index (χ0) is 53.2. The van der Waals surface area contributed by atoms with Gasteiger partial charge < -0.3 is 84.2 Å². The first-order valence-corrected chi connectivity index (χ1v) is 22.8. The second kappa shape index (κ2) is 28.3. The van der Waals surface area contributed by atoms with Crippen molar-refractivity contribution < 1.29 is 78.6 Å². The molecule has 26 heteroatoms. The summed E-state index contributed by atoms with van der Waals surface area (Å²) in [5, 5.41) is 75.8. The number of nitrogens with two attached hydrogens (primary N) is 2. The molecule has 392 valence electrons. The number of carboxylic acids is 1. The van der Waals surface area contributed by atoms with E-state index in [4.69, 9.17) is 11.5 Å². The van der Waals surface area contributed by atoms with E-state index in [0.29, 0.717) is 12.0 Å². The molecule has 1 aliphatic heterocycles. The van der Waals surface area contributed by atoms with Crippen LogP contribution < -0.4 is 48.7 Å². The first-order chi connectivity index (χ1) is 32.7. The maximum atomic E-state index is 14.3. The Morgan fingerprint density at radius 3 is 1.69 bits per heavy atom. The van der Waals surface area contributed by atoms with Crippen molar-refractivity contribution in [1.29, 1.82) is 0 Å². The fourth-order valence-electron chi connectivity index (χ4n) is 7.24. The number of amides is 9. The highest BCUT2D eigenvalue weighted by atomic mass is 16.4. The number of carbonyl (C=O) groups excluding carboxylic acids is 9. The number of aromatic hydroxyl groups is 1. The number of hydrogen-bond acceptors (Lipinski definition) is 16. The Balaban J connectivity index is 2.31. The molecule has 17 N–H and O–H groups in total. The number of nitrogens with zero attached hydrogens (tertiary/aromatic N) is 1. The Kier molecular flexibility index (Phi) is 24.1. The number of phenolic OH excluding ortho intramolecular Hbond substituents is 1. The Morgan fingerprint density at radius 2 is 1.17 bits per heavy atom. The quantitative estimate of drug-likeness (QED) is 0.0372. The van der Waals surface area contributed by atoms with Gasteiger partial charge in [0.15, 0.2) is 6.04 Å². The van der Waals surface area contributed by atoms with Crippen LogP contribution in [0.5, 0.6) is 5.75 Å². The summed E-state index contributed by atoms with van der Waals surface area (Å²) in [5.74, 6) is -11.0. The lowest BCUT2D eigenvalue weighted by Gasteiger charge is -2.33. The fourth-order valence-corrected chi connectivity index (χ4v) is 7.24. The van der Waals surface area contributed by atoms with Crippen LogP contribution in [0, 0.1) is 11.8 Å². The number of likely N-dealkylation sites (tertiary alicyclic amines) is 1. The van der Waals surface area contributed by atoms with Gasteiger partial charge in [0.25, 0.3) is 0 Å². The van der Waals surface area contributed by atoms with E-state index >= 15 is 0 Å². The molecule has 0 radical (unpaired) electrons. The smallest absolute Gasteiger partial charge is 0.328 e. The Bertz CT molecular complexity index is 2000. The molecule has 1 saturated heterocycles. The summed E-state index contributed by atoms with van der Waals surface area (Å²) >= 11 is 0. The van der Waals surface area contributed by atoms with Crippen LogP contribution in [0.15, 0.2) is 24.3 Å². The maximum Gasteiger partial charge on any atom is 0.328 e. The van der Waals surface area contributed by atoms with E-state index in [-0.39, 0.29) is 43.9 Å². The number of primary amides is 1. The third kappa shape index (κ3) is 18.4. The van der Waals surface area contributed by atoms with Crippen molar-refractivity contribution in [2.45, 2.75) is 147 Å². The summed E-state index contributed by atoms with van der Waals surface area (Å²) in [6, 6.07) is -7.90. The molecule has 1 heterocycles. The second-order valence-electron chi connectivity index (χ2n) is 17.9. The van der Waals surface area contributed by atoms with Gasteiger partial charge in [-0.25, -0.2) is 4.79 Å². The lowest BCUT2D eigenvalue weighted by molar-refractivity contribution is -0.146. The number of aliphatic hydroxyl groups is 4. The second-order valence-corrected chi connectivity index (χ2v) is 17.9. The zero-order valence-electron chi connectivity index (χ0n) is 40.0. The summed E-state index contributed by atoms with van der Waals surface area (Å²) in [5.41, 5.74) is 11.1. The lowest BCUT2D eigenvalue weighted by atomic mass is 9.98.